The van der Waals surface area contributed by atoms with Crippen molar-refractivity contribution in [3.63, 3.8) is 0 Å². The van der Waals surface area contributed by atoms with Crippen LogP contribution < -0.4 is 5.32 Å². The quantitative estimate of drug-likeness (QED) is 0.762. The van der Waals surface area contributed by atoms with Gasteiger partial charge in [0.1, 0.15) is 0 Å². The summed E-state index contributed by atoms with van der Waals surface area (Å²) in [4.78, 5) is 0. The van der Waals surface area contributed by atoms with Crippen LogP contribution in [0.2, 0.25) is 0 Å². The molecule has 2 rings (SSSR count). The van der Waals surface area contributed by atoms with Gasteiger partial charge in [0.05, 0.1) is 28.0 Å². The van der Waals surface area contributed by atoms with Crippen LogP contribution in [0.15, 0.2) is 10.7 Å². The van der Waals surface area contributed by atoms with Crippen molar-refractivity contribution in [3.8, 4) is 0 Å². The molecule has 0 bridgehead atoms. The molecule has 0 radical (unpaired) electrons. The van der Waals surface area contributed by atoms with E-state index in [1.54, 1.807) is 0 Å². The number of hydrogen-bond acceptors (Lipinski definition) is 3. The fourth-order valence-electron chi connectivity index (χ4n) is 3.45. The predicted octanol–water partition coefficient (Wildman–Crippen LogP) is 4.06. The third kappa shape index (κ3) is 3.51. The van der Waals surface area contributed by atoms with Crippen LogP contribution >= 0.6 is 15.9 Å². The molecule has 21 heavy (non-hydrogen) atoms. The van der Waals surface area contributed by atoms with E-state index in [-0.39, 0.29) is 11.6 Å². The van der Waals surface area contributed by atoms with Crippen LogP contribution in [0, 0.1) is 0 Å². The van der Waals surface area contributed by atoms with Gasteiger partial charge < -0.3 is 10.1 Å². The largest absolute Gasteiger partial charge is 0.376 e. The number of rotatable bonds is 8. The number of aryl methyl sites for hydroxylation is 1. The summed E-state index contributed by atoms with van der Waals surface area (Å²) in [6, 6.07) is 0.202. The molecule has 4 nitrogen and oxygen atoms in total. The van der Waals surface area contributed by atoms with Crippen molar-refractivity contribution in [2.75, 3.05) is 13.7 Å². The maximum absolute atomic E-state index is 6.05. The van der Waals surface area contributed by atoms with Gasteiger partial charge >= 0.3 is 0 Å². The summed E-state index contributed by atoms with van der Waals surface area (Å²) >= 11 is 3.70. The molecule has 1 N–H and O–H groups in total. The van der Waals surface area contributed by atoms with Crippen LogP contribution in [0.25, 0.3) is 0 Å². The molecule has 5 heteroatoms. The van der Waals surface area contributed by atoms with Crippen molar-refractivity contribution >= 4 is 15.9 Å². The van der Waals surface area contributed by atoms with Gasteiger partial charge in [-0.25, -0.2) is 0 Å². The van der Waals surface area contributed by atoms with Gasteiger partial charge in [0.2, 0.25) is 0 Å². The van der Waals surface area contributed by atoms with Gasteiger partial charge in [0.15, 0.2) is 0 Å². The second-order valence-corrected chi connectivity index (χ2v) is 6.82. The first kappa shape index (κ1) is 17.0. The molecule has 1 fully saturated rings. The number of ether oxygens (including phenoxy) is 1. The molecule has 1 aliphatic rings. The van der Waals surface area contributed by atoms with Crippen LogP contribution in [0.4, 0.5) is 0 Å². The topological polar surface area (TPSA) is 39.1 Å². The van der Waals surface area contributed by atoms with Gasteiger partial charge in [0, 0.05) is 13.7 Å². The highest BCUT2D eigenvalue weighted by Gasteiger charge is 2.44. The summed E-state index contributed by atoms with van der Waals surface area (Å²) in [5, 5.41) is 8.27. The molecule has 1 aromatic heterocycles. The summed E-state index contributed by atoms with van der Waals surface area (Å²) in [5.74, 6) is 0. The van der Waals surface area contributed by atoms with Crippen LogP contribution in [-0.4, -0.2) is 29.0 Å². The zero-order valence-electron chi connectivity index (χ0n) is 13.5. The highest BCUT2D eigenvalue weighted by molar-refractivity contribution is 9.10. The van der Waals surface area contributed by atoms with E-state index in [1.807, 2.05) is 13.3 Å². The summed E-state index contributed by atoms with van der Waals surface area (Å²) in [7, 11) is 1.86. The van der Waals surface area contributed by atoms with Crippen molar-refractivity contribution in [1.82, 2.24) is 15.1 Å². The second kappa shape index (κ2) is 7.75. The Balaban J connectivity index is 2.37. The predicted molar refractivity (Wildman–Crippen MR) is 89.5 cm³/mol. The Morgan fingerprint density at radius 3 is 2.67 bits per heavy atom. The van der Waals surface area contributed by atoms with Crippen molar-refractivity contribution in [2.45, 2.75) is 70.6 Å². The molecule has 1 heterocycles. The molecular weight excluding hydrogens is 330 g/mol. The van der Waals surface area contributed by atoms with E-state index >= 15 is 0 Å². The van der Waals surface area contributed by atoms with Crippen molar-refractivity contribution in [2.24, 2.45) is 0 Å². The summed E-state index contributed by atoms with van der Waals surface area (Å²) in [6.45, 7) is 6.34. The Hall–Kier alpha value is -0.390. The Kier molecular flexibility index (Phi) is 6.26. The van der Waals surface area contributed by atoms with Gasteiger partial charge in [-0.2, -0.15) is 5.10 Å². The molecule has 120 valence electrons. The molecule has 1 aliphatic carbocycles. The second-order valence-electron chi connectivity index (χ2n) is 5.96. The van der Waals surface area contributed by atoms with Crippen LogP contribution in [0.1, 0.15) is 64.1 Å². The molecule has 0 aromatic carbocycles. The number of hydrogen-bond donors (Lipinski definition) is 1. The monoisotopic (exact) mass is 357 g/mol. The fraction of sp³-hybridized carbons (Fsp3) is 0.812. The van der Waals surface area contributed by atoms with E-state index < -0.39 is 0 Å². The van der Waals surface area contributed by atoms with E-state index in [2.05, 4.69) is 44.9 Å². The lowest BCUT2D eigenvalue weighted by atomic mass is 9.89. The molecule has 1 unspecified atom stereocenters. The Labute approximate surface area is 136 Å². The third-order valence-corrected chi connectivity index (χ3v) is 5.13. The summed E-state index contributed by atoms with van der Waals surface area (Å²) < 4.78 is 9.27. The average molecular weight is 358 g/mol. The van der Waals surface area contributed by atoms with Gasteiger partial charge in [-0.15, -0.1) is 0 Å². The van der Waals surface area contributed by atoms with E-state index in [0.717, 1.165) is 43.2 Å². The maximum Gasteiger partial charge on any atom is 0.0888 e. The smallest absolute Gasteiger partial charge is 0.0888 e. The van der Waals surface area contributed by atoms with E-state index in [9.17, 15) is 0 Å². The van der Waals surface area contributed by atoms with Crippen molar-refractivity contribution < 1.29 is 4.74 Å². The molecule has 0 spiro atoms. The van der Waals surface area contributed by atoms with E-state index in [0.29, 0.717) is 0 Å². The standard InChI is InChI=1S/C16H28BrN3O/c1-4-10-18-15(16(21-3)8-6-7-9-16)14-13(17)12-19-20(14)11-5-2/h12,15,18H,4-11H2,1-3H3. The zero-order chi connectivity index (χ0) is 15.3. The Morgan fingerprint density at radius 1 is 1.38 bits per heavy atom. The number of methoxy groups -OCH3 is 1. The fourth-order valence-corrected chi connectivity index (χ4v) is 3.98. The molecule has 1 atom stereocenters. The number of halogens is 1. The first-order chi connectivity index (χ1) is 10.2. The van der Waals surface area contributed by atoms with Crippen LogP contribution in [-0.2, 0) is 11.3 Å². The molecular formula is C16H28BrN3O. The van der Waals surface area contributed by atoms with Crippen LogP contribution in [0.3, 0.4) is 0 Å². The summed E-state index contributed by atoms with van der Waals surface area (Å²) in [5.41, 5.74) is 1.15. The maximum atomic E-state index is 6.05. The number of aromatic nitrogens is 2. The lowest BCUT2D eigenvalue weighted by Gasteiger charge is -2.37. The zero-order valence-corrected chi connectivity index (χ0v) is 15.1. The van der Waals surface area contributed by atoms with Gasteiger partial charge in [0.25, 0.3) is 0 Å². The van der Waals surface area contributed by atoms with Gasteiger partial charge in [-0.3, -0.25) is 4.68 Å². The average Bonchev–Trinajstić information content (AvgIpc) is 3.10. The Bertz CT molecular complexity index is 441. The normalized spacial score (nSPS) is 19.0. The minimum Gasteiger partial charge on any atom is -0.376 e. The number of nitrogens with zero attached hydrogens (tertiary/aromatic N) is 2. The minimum atomic E-state index is -0.0940. The van der Waals surface area contributed by atoms with Crippen LogP contribution in [0.5, 0.6) is 0 Å². The number of nitrogens with one attached hydrogen (secondary N) is 1. The first-order valence-electron chi connectivity index (χ1n) is 8.18. The molecule has 0 saturated heterocycles. The highest BCUT2D eigenvalue weighted by Crippen LogP contribution is 2.44. The lowest BCUT2D eigenvalue weighted by Crippen LogP contribution is -2.45. The van der Waals surface area contributed by atoms with Gasteiger partial charge in [-0.05, 0) is 48.2 Å². The minimum absolute atomic E-state index is 0.0940. The molecule has 1 saturated carbocycles. The van der Waals surface area contributed by atoms with Gasteiger partial charge in [-0.1, -0.05) is 26.7 Å². The van der Waals surface area contributed by atoms with Crippen molar-refractivity contribution in [1.29, 1.82) is 0 Å². The van der Waals surface area contributed by atoms with Crippen molar-refractivity contribution in [3.05, 3.63) is 16.4 Å². The first-order valence-corrected chi connectivity index (χ1v) is 8.97. The summed E-state index contributed by atoms with van der Waals surface area (Å²) in [6.07, 6.45) is 8.86. The SMILES string of the molecule is CCCNC(c1c(Br)cnn1CCC)C1(OC)CCCC1. The van der Waals surface area contributed by atoms with E-state index in [4.69, 9.17) is 4.74 Å². The van der Waals surface area contributed by atoms with E-state index in [1.165, 1.54) is 18.5 Å². The molecule has 0 amide bonds. The molecule has 1 aromatic rings. The Morgan fingerprint density at radius 2 is 2.10 bits per heavy atom. The third-order valence-electron chi connectivity index (χ3n) is 4.52. The molecule has 0 aliphatic heterocycles. The lowest BCUT2D eigenvalue weighted by molar-refractivity contribution is -0.0391. The highest BCUT2D eigenvalue weighted by atomic mass is 79.9.